The average molecular weight is 225 g/mol. The first-order valence-electron chi connectivity index (χ1n) is 3.98. The molecular formula is C9H11N3S2. The summed E-state index contributed by atoms with van der Waals surface area (Å²) in [6, 6.07) is 7.67. The van der Waals surface area contributed by atoms with Crippen molar-refractivity contribution in [3.05, 3.63) is 29.8 Å². The van der Waals surface area contributed by atoms with Crippen LogP contribution in [0.3, 0.4) is 0 Å². The molecular weight excluding hydrogens is 214 g/mol. The number of benzene rings is 1. The van der Waals surface area contributed by atoms with Crippen molar-refractivity contribution in [2.45, 2.75) is 11.8 Å². The molecule has 0 unspecified atom stereocenters. The minimum atomic E-state index is 0.162. The van der Waals surface area contributed by atoms with Crippen molar-refractivity contribution in [1.82, 2.24) is 5.43 Å². The van der Waals surface area contributed by atoms with Crippen LogP contribution in [-0.2, 0) is 0 Å². The Hall–Kier alpha value is -1.07. The number of hydrazone groups is 1. The van der Waals surface area contributed by atoms with Gasteiger partial charge in [-0.25, -0.2) is 0 Å². The number of nitrogens with two attached hydrogens (primary N) is 1. The maximum Gasteiger partial charge on any atom is 0.184 e. The Morgan fingerprint density at radius 3 is 2.50 bits per heavy atom. The van der Waals surface area contributed by atoms with Gasteiger partial charge in [0.1, 0.15) is 0 Å². The number of nitrogens with one attached hydrogen (secondary N) is 1. The molecule has 0 heterocycles. The van der Waals surface area contributed by atoms with E-state index in [1.807, 2.05) is 31.2 Å². The highest BCUT2D eigenvalue weighted by atomic mass is 32.1. The van der Waals surface area contributed by atoms with Gasteiger partial charge in [0.15, 0.2) is 5.11 Å². The van der Waals surface area contributed by atoms with Gasteiger partial charge in [0.05, 0.1) is 5.71 Å². The Balaban J connectivity index is 2.78. The van der Waals surface area contributed by atoms with Crippen molar-refractivity contribution in [2.24, 2.45) is 10.8 Å². The van der Waals surface area contributed by atoms with E-state index in [4.69, 9.17) is 5.73 Å². The third-order valence-corrected chi connectivity index (χ3v) is 2.01. The van der Waals surface area contributed by atoms with Crippen LogP contribution >= 0.6 is 24.8 Å². The molecule has 1 aromatic rings. The van der Waals surface area contributed by atoms with E-state index in [0.717, 1.165) is 16.2 Å². The number of hydrogen-bond donors (Lipinski definition) is 3. The van der Waals surface area contributed by atoms with Gasteiger partial charge in [-0.1, -0.05) is 12.1 Å². The molecule has 0 saturated heterocycles. The van der Waals surface area contributed by atoms with Crippen LogP contribution in [0.25, 0.3) is 0 Å². The summed E-state index contributed by atoms with van der Waals surface area (Å²) >= 11 is 8.82. The van der Waals surface area contributed by atoms with E-state index in [1.54, 1.807) is 0 Å². The van der Waals surface area contributed by atoms with Gasteiger partial charge in [-0.3, -0.25) is 5.43 Å². The zero-order valence-electron chi connectivity index (χ0n) is 7.69. The number of thiol groups is 1. The molecule has 0 aliphatic carbocycles. The van der Waals surface area contributed by atoms with E-state index in [-0.39, 0.29) is 5.11 Å². The normalized spacial score (nSPS) is 11.1. The molecule has 0 amide bonds. The van der Waals surface area contributed by atoms with Crippen molar-refractivity contribution in [3.63, 3.8) is 0 Å². The van der Waals surface area contributed by atoms with Gasteiger partial charge >= 0.3 is 0 Å². The number of thiocarbonyl (C=S) groups is 1. The summed E-state index contributed by atoms with van der Waals surface area (Å²) in [5.41, 5.74) is 9.61. The maximum atomic E-state index is 5.24. The van der Waals surface area contributed by atoms with Gasteiger partial charge < -0.3 is 5.73 Å². The van der Waals surface area contributed by atoms with Crippen LogP contribution in [0.4, 0.5) is 0 Å². The average Bonchev–Trinajstić information content (AvgIpc) is 2.15. The van der Waals surface area contributed by atoms with Crippen LogP contribution in [0.2, 0.25) is 0 Å². The molecule has 0 spiro atoms. The highest BCUT2D eigenvalue weighted by Crippen LogP contribution is 2.08. The summed E-state index contributed by atoms with van der Waals surface area (Å²) in [5, 5.41) is 4.16. The first kappa shape index (κ1) is 11.0. The molecule has 74 valence electrons. The predicted octanol–water partition coefficient (Wildman–Crippen LogP) is 1.53. The van der Waals surface area contributed by atoms with E-state index in [0.29, 0.717) is 0 Å². The second kappa shape index (κ2) is 4.97. The standard InChI is InChI=1S/C9H11N3S2/c1-6(11-12-9(10)14)7-2-4-8(13)5-3-7/h2-5,13H,1H3,(H3,10,12,14)/b11-6+. The lowest BCUT2D eigenvalue weighted by Gasteiger charge is -2.01. The van der Waals surface area contributed by atoms with Crippen LogP contribution in [-0.4, -0.2) is 10.8 Å². The van der Waals surface area contributed by atoms with Gasteiger partial charge in [0, 0.05) is 4.90 Å². The lowest BCUT2D eigenvalue weighted by molar-refractivity contribution is 1.03. The molecule has 0 atom stereocenters. The Labute approximate surface area is 93.8 Å². The third kappa shape index (κ3) is 3.35. The quantitative estimate of drug-likeness (QED) is 0.310. The molecule has 3 nitrogen and oxygen atoms in total. The van der Waals surface area contributed by atoms with Gasteiger partial charge in [-0.15, -0.1) is 12.6 Å². The first-order chi connectivity index (χ1) is 6.59. The molecule has 0 aliphatic heterocycles. The summed E-state index contributed by atoms with van der Waals surface area (Å²) in [6.45, 7) is 1.87. The molecule has 3 N–H and O–H groups in total. The van der Waals surface area contributed by atoms with E-state index >= 15 is 0 Å². The summed E-state index contributed by atoms with van der Waals surface area (Å²) in [6.07, 6.45) is 0. The van der Waals surface area contributed by atoms with E-state index < -0.39 is 0 Å². The van der Waals surface area contributed by atoms with Gasteiger partial charge in [-0.2, -0.15) is 5.10 Å². The van der Waals surface area contributed by atoms with Gasteiger partial charge in [0.25, 0.3) is 0 Å². The fourth-order valence-corrected chi connectivity index (χ4v) is 1.10. The Kier molecular flexibility index (Phi) is 3.91. The van der Waals surface area contributed by atoms with Gasteiger partial charge in [0.2, 0.25) is 0 Å². The maximum absolute atomic E-state index is 5.24. The van der Waals surface area contributed by atoms with Crippen molar-refractivity contribution in [2.75, 3.05) is 0 Å². The Bertz CT molecular complexity index is 357. The molecule has 14 heavy (non-hydrogen) atoms. The smallest absolute Gasteiger partial charge is 0.184 e. The van der Waals surface area contributed by atoms with E-state index in [9.17, 15) is 0 Å². The minimum absolute atomic E-state index is 0.162. The molecule has 0 fully saturated rings. The van der Waals surface area contributed by atoms with E-state index in [2.05, 4.69) is 35.4 Å². The Morgan fingerprint density at radius 1 is 1.43 bits per heavy atom. The number of rotatable bonds is 2. The van der Waals surface area contributed by atoms with Crippen LogP contribution < -0.4 is 11.2 Å². The largest absolute Gasteiger partial charge is 0.375 e. The van der Waals surface area contributed by atoms with E-state index in [1.165, 1.54) is 0 Å². The van der Waals surface area contributed by atoms with Crippen molar-refractivity contribution in [1.29, 1.82) is 0 Å². The number of hydrogen-bond acceptors (Lipinski definition) is 3. The lowest BCUT2D eigenvalue weighted by atomic mass is 10.1. The first-order valence-corrected chi connectivity index (χ1v) is 4.84. The van der Waals surface area contributed by atoms with Crippen LogP contribution in [0.1, 0.15) is 12.5 Å². The van der Waals surface area contributed by atoms with Crippen molar-refractivity contribution < 1.29 is 0 Å². The fourth-order valence-electron chi connectivity index (χ4n) is 0.906. The van der Waals surface area contributed by atoms with Crippen LogP contribution in [0, 0.1) is 0 Å². The summed E-state index contributed by atoms with van der Waals surface area (Å²) < 4.78 is 0. The minimum Gasteiger partial charge on any atom is -0.375 e. The second-order valence-electron chi connectivity index (χ2n) is 2.72. The highest BCUT2D eigenvalue weighted by molar-refractivity contribution is 7.80. The molecule has 0 aliphatic rings. The number of nitrogens with zero attached hydrogens (tertiary/aromatic N) is 1. The zero-order chi connectivity index (χ0) is 10.6. The summed E-state index contributed by atoms with van der Waals surface area (Å²) in [5.74, 6) is 0. The van der Waals surface area contributed by atoms with Gasteiger partial charge in [-0.05, 0) is 36.8 Å². The zero-order valence-corrected chi connectivity index (χ0v) is 9.40. The molecule has 5 heteroatoms. The molecule has 0 radical (unpaired) electrons. The second-order valence-corrected chi connectivity index (χ2v) is 3.68. The van der Waals surface area contributed by atoms with Crippen LogP contribution in [0.15, 0.2) is 34.3 Å². The molecule has 0 bridgehead atoms. The molecule has 0 saturated carbocycles. The Morgan fingerprint density at radius 2 is 2.00 bits per heavy atom. The predicted molar refractivity (Wildman–Crippen MR) is 65.8 cm³/mol. The highest BCUT2D eigenvalue weighted by Gasteiger charge is 1.96. The van der Waals surface area contributed by atoms with Crippen molar-refractivity contribution >= 4 is 35.7 Å². The third-order valence-electron chi connectivity index (χ3n) is 1.62. The molecule has 0 aromatic heterocycles. The SMILES string of the molecule is C/C(=N\NC(N)=S)c1ccc(S)cc1. The summed E-state index contributed by atoms with van der Waals surface area (Å²) in [7, 11) is 0. The summed E-state index contributed by atoms with van der Waals surface area (Å²) in [4.78, 5) is 0.920. The monoisotopic (exact) mass is 225 g/mol. The fraction of sp³-hybridized carbons (Fsp3) is 0.111. The van der Waals surface area contributed by atoms with Crippen LogP contribution in [0.5, 0.6) is 0 Å². The lowest BCUT2D eigenvalue weighted by Crippen LogP contribution is -2.25. The molecule has 1 aromatic carbocycles. The molecule has 1 rings (SSSR count). The topological polar surface area (TPSA) is 50.4 Å². The van der Waals surface area contributed by atoms with Crippen molar-refractivity contribution in [3.8, 4) is 0 Å².